The summed E-state index contributed by atoms with van der Waals surface area (Å²) >= 11 is 0. The lowest BCUT2D eigenvalue weighted by Crippen LogP contribution is -3.15. The Labute approximate surface area is 153 Å². The zero-order valence-corrected chi connectivity index (χ0v) is 16.1. The molecule has 6 nitrogen and oxygen atoms in total. The molecule has 2 N–H and O–H groups in total. The molecule has 26 heavy (non-hydrogen) atoms. The monoisotopic (exact) mass is 390 g/mol. The molecule has 0 spiro atoms. The van der Waals surface area contributed by atoms with Crippen LogP contribution in [0.5, 0.6) is 0 Å². The van der Waals surface area contributed by atoms with Gasteiger partial charge in [-0.25, -0.2) is 17.2 Å². The van der Waals surface area contributed by atoms with E-state index in [4.69, 9.17) is 0 Å². The summed E-state index contributed by atoms with van der Waals surface area (Å²) in [4.78, 5) is 12.4. The maximum Gasteiger partial charge on any atom is 0.275 e. The van der Waals surface area contributed by atoms with Crippen molar-refractivity contribution in [1.29, 1.82) is 0 Å². The number of hydrogen-bond acceptors (Lipinski definition) is 3. The van der Waals surface area contributed by atoms with Crippen LogP contribution in [-0.4, -0.2) is 57.4 Å². The van der Waals surface area contributed by atoms with E-state index in [0.717, 1.165) is 21.3 Å². The minimum absolute atomic E-state index is 0.0690. The molecule has 1 fully saturated rings. The minimum Gasteiger partial charge on any atom is -0.348 e. The second kappa shape index (κ2) is 8.41. The van der Waals surface area contributed by atoms with Gasteiger partial charge in [-0.2, -0.15) is 4.31 Å². The highest BCUT2D eigenvalue weighted by Crippen LogP contribution is 2.20. The average molecular weight is 390 g/mol. The molecule has 1 aliphatic rings. The number of amides is 1. The zero-order valence-electron chi connectivity index (χ0n) is 15.3. The Bertz CT molecular complexity index is 748. The Morgan fingerprint density at radius 1 is 1.23 bits per heavy atom. The Kier molecular flexibility index (Phi) is 6.70. The van der Waals surface area contributed by atoms with Crippen LogP contribution in [0, 0.1) is 17.6 Å². The molecule has 0 bridgehead atoms. The van der Waals surface area contributed by atoms with Crippen molar-refractivity contribution in [3.8, 4) is 0 Å². The largest absolute Gasteiger partial charge is 0.348 e. The molecule has 146 valence electrons. The summed E-state index contributed by atoms with van der Waals surface area (Å²) < 4.78 is 53.4. The van der Waals surface area contributed by atoms with E-state index in [-0.39, 0.29) is 31.6 Å². The van der Waals surface area contributed by atoms with Gasteiger partial charge < -0.3 is 10.2 Å². The maximum atomic E-state index is 13.8. The molecule has 1 atom stereocenters. The lowest BCUT2D eigenvalue weighted by atomic mass is 10.1. The maximum absolute atomic E-state index is 13.8. The highest BCUT2D eigenvalue weighted by Gasteiger charge is 2.33. The zero-order chi connectivity index (χ0) is 19.5. The van der Waals surface area contributed by atoms with Crippen molar-refractivity contribution >= 4 is 15.9 Å². The van der Waals surface area contributed by atoms with Crippen LogP contribution in [0.1, 0.15) is 20.8 Å². The van der Waals surface area contributed by atoms with Gasteiger partial charge in [-0.15, -0.1) is 0 Å². The van der Waals surface area contributed by atoms with Gasteiger partial charge in [0.1, 0.15) is 16.5 Å². The third-order valence-electron chi connectivity index (χ3n) is 4.74. The van der Waals surface area contributed by atoms with Crippen LogP contribution in [0.2, 0.25) is 0 Å². The summed E-state index contributed by atoms with van der Waals surface area (Å²) in [5.74, 6) is -1.51. The molecular formula is C17H26F2N3O3S+. The number of rotatable bonds is 6. The summed E-state index contributed by atoms with van der Waals surface area (Å²) in [6, 6.07) is 2.46. The van der Waals surface area contributed by atoms with Crippen LogP contribution >= 0.6 is 0 Å². The molecular weight excluding hydrogens is 364 g/mol. The van der Waals surface area contributed by atoms with Crippen molar-refractivity contribution in [2.24, 2.45) is 5.92 Å². The van der Waals surface area contributed by atoms with Crippen LogP contribution in [0.4, 0.5) is 8.78 Å². The van der Waals surface area contributed by atoms with Crippen molar-refractivity contribution in [3.63, 3.8) is 0 Å². The summed E-state index contributed by atoms with van der Waals surface area (Å²) in [7, 11) is -4.09. The number of nitrogens with one attached hydrogen (secondary N) is 2. The molecule has 0 unspecified atom stereocenters. The normalized spacial score (nSPS) is 18.1. The van der Waals surface area contributed by atoms with Crippen LogP contribution < -0.4 is 10.2 Å². The van der Waals surface area contributed by atoms with E-state index < -0.39 is 26.6 Å². The average Bonchev–Trinajstić information content (AvgIpc) is 2.57. The third kappa shape index (κ3) is 4.99. The fraction of sp³-hybridized carbons (Fsp3) is 0.588. The Hall–Kier alpha value is -1.58. The first-order valence-corrected chi connectivity index (χ1v) is 10.1. The molecule has 1 aliphatic heterocycles. The van der Waals surface area contributed by atoms with E-state index in [1.54, 1.807) is 0 Å². The van der Waals surface area contributed by atoms with Gasteiger partial charge in [0.25, 0.3) is 5.91 Å². The van der Waals surface area contributed by atoms with E-state index in [1.807, 2.05) is 20.8 Å². The number of carbonyl (C=O) groups is 1. The predicted octanol–water partition coefficient (Wildman–Crippen LogP) is 0.0147. The fourth-order valence-corrected chi connectivity index (χ4v) is 4.25. The van der Waals surface area contributed by atoms with Gasteiger partial charge in [0.2, 0.25) is 10.0 Å². The first-order valence-electron chi connectivity index (χ1n) is 8.69. The minimum atomic E-state index is -4.09. The summed E-state index contributed by atoms with van der Waals surface area (Å²) in [5, 5.41) is 2.92. The van der Waals surface area contributed by atoms with E-state index in [2.05, 4.69) is 5.32 Å². The van der Waals surface area contributed by atoms with Gasteiger partial charge in [0, 0.05) is 6.04 Å². The van der Waals surface area contributed by atoms with Gasteiger partial charge in [0.15, 0.2) is 6.54 Å². The van der Waals surface area contributed by atoms with Crippen molar-refractivity contribution in [3.05, 3.63) is 29.8 Å². The van der Waals surface area contributed by atoms with Gasteiger partial charge >= 0.3 is 0 Å². The molecule has 1 saturated heterocycles. The van der Waals surface area contributed by atoms with Crippen LogP contribution in [0.25, 0.3) is 0 Å². The summed E-state index contributed by atoms with van der Waals surface area (Å²) in [5.41, 5.74) is 0. The first-order chi connectivity index (χ1) is 12.1. The number of nitrogens with zero attached hydrogens (tertiary/aromatic N) is 1. The lowest BCUT2D eigenvalue weighted by molar-refractivity contribution is -0.895. The number of benzene rings is 1. The fourth-order valence-electron chi connectivity index (χ4n) is 2.73. The van der Waals surface area contributed by atoms with Crippen LogP contribution in [-0.2, 0) is 14.8 Å². The SMILES string of the molecule is CC(C)[C@H](C)NC(=O)C[NH+]1CCN(S(=O)(=O)c2cc(F)ccc2F)CC1. The van der Waals surface area contributed by atoms with E-state index in [0.29, 0.717) is 25.1 Å². The van der Waals surface area contributed by atoms with Gasteiger partial charge in [-0.05, 0) is 31.0 Å². The third-order valence-corrected chi connectivity index (χ3v) is 6.65. The molecule has 1 aromatic rings. The van der Waals surface area contributed by atoms with Crippen molar-refractivity contribution < 1.29 is 26.9 Å². The molecule has 1 aromatic carbocycles. The van der Waals surface area contributed by atoms with Crippen LogP contribution in [0.15, 0.2) is 23.1 Å². The van der Waals surface area contributed by atoms with Gasteiger partial charge in [-0.1, -0.05) is 13.8 Å². The standard InChI is InChI=1S/C17H25F2N3O3S/c1-12(2)13(3)20-17(23)11-21-6-8-22(9-7-21)26(24,25)16-10-14(18)4-5-15(16)19/h4-5,10,12-13H,6-9,11H2,1-3H3,(H,20,23)/p+1/t13-/m0/s1. The molecule has 0 aliphatic carbocycles. The highest BCUT2D eigenvalue weighted by molar-refractivity contribution is 7.89. The number of carbonyl (C=O) groups excluding carboxylic acids is 1. The number of piperazine rings is 1. The van der Waals surface area contributed by atoms with Gasteiger partial charge in [-0.3, -0.25) is 4.79 Å². The Balaban J connectivity index is 1.95. The number of sulfonamides is 1. The van der Waals surface area contributed by atoms with E-state index in [1.165, 1.54) is 0 Å². The second-order valence-corrected chi connectivity index (χ2v) is 8.91. The first kappa shape index (κ1) is 20.7. The molecule has 1 amide bonds. The molecule has 2 rings (SSSR count). The van der Waals surface area contributed by atoms with Gasteiger partial charge in [0.05, 0.1) is 26.2 Å². The van der Waals surface area contributed by atoms with Crippen molar-refractivity contribution in [2.75, 3.05) is 32.7 Å². The van der Waals surface area contributed by atoms with E-state index in [9.17, 15) is 22.0 Å². The van der Waals surface area contributed by atoms with Crippen molar-refractivity contribution in [2.45, 2.75) is 31.7 Å². The highest BCUT2D eigenvalue weighted by atomic mass is 32.2. The number of halogens is 2. The Morgan fingerprint density at radius 3 is 2.42 bits per heavy atom. The molecule has 0 aromatic heterocycles. The van der Waals surface area contributed by atoms with Crippen molar-refractivity contribution in [1.82, 2.24) is 9.62 Å². The second-order valence-electron chi connectivity index (χ2n) is 7.01. The van der Waals surface area contributed by atoms with E-state index >= 15 is 0 Å². The summed E-state index contributed by atoms with van der Waals surface area (Å²) in [6.45, 7) is 7.41. The van der Waals surface area contributed by atoms with Crippen LogP contribution in [0.3, 0.4) is 0 Å². The molecule has 0 saturated carbocycles. The number of quaternary nitrogens is 1. The quantitative estimate of drug-likeness (QED) is 0.719. The smallest absolute Gasteiger partial charge is 0.275 e. The molecule has 9 heteroatoms. The molecule has 1 heterocycles. The topological polar surface area (TPSA) is 70.9 Å². The molecule has 0 radical (unpaired) electrons. The lowest BCUT2D eigenvalue weighted by Gasteiger charge is -2.31. The predicted molar refractivity (Wildman–Crippen MR) is 93.1 cm³/mol. The summed E-state index contributed by atoms with van der Waals surface area (Å²) in [6.07, 6.45) is 0. The Morgan fingerprint density at radius 2 is 1.85 bits per heavy atom. The number of hydrogen-bond donors (Lipinski definition) is 2.